The largest absolute Gasteiger partial charge is 0.756 e. The minimum atomic E-state index is -4.58. The molecule has 0 aliphatic rings. The van der Waals surface area contributed by atoms with Crippen molar-refractivity contribution in [2.24, 2.45) is 0 Å². The number of allylic oxidation sites excluding steroid dienone is 3. The number of aliphatic hydroxyl groups excluding tert-OH is 1. The Morgan fingerprint density at radius 2 is 1.10 bits per heavy atom. The molecule has 3 atom stereocenters. The van der Waals surface area contributed by atoms with Crippen LogP contribution in [0.3, 0.4) is 0 Å². The van der Waals surface area contributed by atoms with Crippen LogP contribution in [0.2, 0.25) is 0 Å². The molecule has 0 radical (unpaired) electrons. The zero-order valence-corrected chi connectivity index (χ0v) is 35.0. The van der Waals surface area contributed by atoms with Crippen LogP contribution in [0.1, 0.15) is 187 Å². The van der Waals surface area contributed by atoms with Crippen LogP contribution in [0.5, 0.6) is 0 Å². The lowest BCUT2D eigenvalue weighted by atomic mass is 10.0. The molecule has 0 aromatic rings. The van der Waals surface area contributed by atoms with E-state index in [-0.39, 0.29) is 19.1 Å². The number of rotatable bonds is 38. The topological polar surface area (TPSA) is 108 Å². The molecule has 0 saturated heterocycles. The third-order valence-electron chi connectivity index (χ3n) is 9.41. The van der Waals surface area contributed by atoms with E-state index in [2.05, 4.69) is 31.3 Å². The Morgan fingerprint density at radius 1 is 0.667 bits per heavy atom. The standard InChI is InChI=1S/C42H83N2O6P/c1-6-8-10-12-14-16-18-19-20-21-22-23-24-25-26-27-29-31-33-35-41(45)40(39-50-51(47,48)49-38-37-44(3,4)5)43-42(46)36-34-32-30-28-17-15-13-11-9-7-2/h13,15,33,35,40-41,45H,6-12,14,16-32,34,36-39H2,1-5H3,(H-,43,46,47,48)/b15-13-,35-33+. The number of nitrogens with zero attached hydrogens (tertiary/aromatic N) is 1. The molecule has 0 saturated carbocycles. The maximum atomic E-state index is 12.8. The van der Waals surface area contributed by atoms with Gasteiger partial charge in [0, 0.05) is 6.42 Å². The first-order chi connectivity index (χ1) is 24.5. The zero-order valence-electron chi connectivity index (χ0n) is 34.1. The van der Waals surface area contributed by atoms with E-state index in [9.17, 15) is 19.4 Å². The number of quaternary nitrogens is 1. The number of unbranched alkanes of at least 4 members (excludes halogenated alkanes) is 23. The predicted octanol–water partition coefficient (Wildman–Crippen LogP) is 10.7. The van der Waals surface area contributed by atoms with Crippen molar-refractivity contribution in [3.8, 4) is 0 Å². The predicted molar refractivity (Wildman–Crippen MR) is 215 cm³/mol. The third-order valence-corrected chi connectivity index (χ3v) is 10.4. The molecule has 302 valence electrons. The molecule has 0 aromatic heterocycles. The SMILES string of the molecule is CCCC/C=C\CCCCCCC(=O)NC(COP(=O)([O-])OCC[N+](C)(C)C)C(O)/C=C/CCCCCCCCCCCCCCCCCCC. The molecular formula is C42H83N2O6P. The van der Waals surface area contributed by atoms with Crippen molar-refractivity contribution in [2.45, 2.75) is 199 Å². The Balaban J connectivity index is 4.40. The molecule has 1 amide bonds. The molecule has 0 spiro atoms. The maximum absolute atomic E-state index is 12.8. The van der Waals surface area contributed by atoms with Crippen LogP contribution in [-0.4, -0.2) is 68.5 Å². The van der Waals surface area contributed by atoms with Crippen LogP contribution in [-0.2, 0) is 18.4 Å². The summed E-state index contributed by atoms with van der Waals surface area (Å²) in [6, 6.07) is -0.887. The summed E-state index contributed by atoms with van der Waals surface area (Å²) < 4.78 is 23.1. The van der Waals surface area contributed by atoms with Crippen molar-refractivity contribution in [3.63, 3.8) is 0 Å². The van der Waals surface area contributed by atoms with Crippen molar-refractivity contribution >= 4 is 13.7 Å². The fourth-order valence-electron chi connectivity index (χ4n) is 5.96. The van der Waals surface area contributed by atoms with Crippen molar-refractivity contribution in [2.75, 3.05) is 40.9 Å². The number of aliphatic hydroxyl groups is 1. The number of carbonyl (C=O) groups excluding carboxylic acids is 1. The molecule has 0 bridgehead atoms. The molecular weight excluding hydrogens is 659 g/mol. The normalized spacial score (nSPS) is 14.7. The molecule has 0 fully saturated rings. The van der Waals surface area contributed by atoms with E-state index in [1.165, 1.54) is 109 Å². The minimum Gasteiger partial charge on any atom is -0.756 e. The number of amides is 1. The lowest BCUT2D eigenvalue weighted by Gasteiger charge is -2.29. The van der Waals surface area contributed by atoms with Crippen molar-refractivity contribution in [3.05, 3.63) is 24.3 Å². The summed E-state index contributed by atoms with van der Waals surface area (Å²) in [7, 11) is 1.25. The number of likely N-dealkylation sites (N-methyl/N-ethyl adjacent to an activating group) is 1. The quantitative estimate of drug-likeness (QED) is 0.0282. The van der Waals surface area contributed by atoms with Gasteiger partial charge in [-0.25, -0.2) is 0 Å². The average Bonchev–Trinajstić information content (AvgIpc) is 3.07. The van der Waals surface area contributed by atoms with Gasteiger partial charge in [-0.15, -0.1) is 0 Å². The highest BCUT2D eigenvalue weighted by atomic mass is 31.2. The monoisotopic (exact) mass is 743 g/mol. The molecule has 0 rings (SSSR count). The van der Waals surface area contributed by atoms with Gasteiger partial charge in [-0.05, 0) is 38.5 Å². The summed E-state index contributed by atoms with van der Waals surface area (Å²) in [6.45, 7) is 4.59. The molecule has 9 heteroatoms. The first-order valence-electron chi connectivity index (χ1n) is 21.2. The van der Waals surface area contributed by atoms with Crippen LogP contribution in [0.25, 0.3) is 0 Å². The Kier molecular flexibility index (Phi) is 34.0. The highest BCUT2D eigenvalue weighted by Gasteiger charge is 2.23. The van der Waals surface area contributed by atoms with E-state index in [1.54, 1.807) is 6.08 Å². The van der Waals surface area contributed by atoms with E-state index in [4.69, 9.17) is 9.05 Å². The lowest BCUT2D eigenvalue weighted by Crippen LogP contribution is -2.45. The van der Waals surface area contributed by atoms with Gasteiger partial charge in [-0.1, -0.05) is 167 Å². The van der Waals surface area contributed by atoms with Gasteiger partial charge in [0.1, 0.15) is 13.2 Å². The summed E-state index contributed by atoms with van der Waals surface area (Å²) in [4.78, 5) is 25.2. The van der Waals surface area contributed by atoms with Gasteiger partial charge in [-0.3, -0.25) is 9.36 Å². The molecule has 2 N–H and O–H groups in total. The highest BCUT2D eigenvalue weighted by molar-refractivity contribution is 7.45. The van der Waals surface area contributed by atoms with Gasteiger partial charge in [-0.2, -0.15) is 0 Å². The van der Waals surface area contributed by atoms with Crippen LogP contribution >= 0.6 is 7.82 Å². The van der Waals surface area contributed by atoms with E-state index >= 15 is 0 Å². The number of nitrogens with one attached hydrogen (secondary N) is 1. The van der Waals surface area contributed by atoms with E-state index < -0.39 is 20.0 Å². The molecule has 0 heterocycles. The summed E-state index contributed by atoms with van der Waals surface area (Å²) >= 11 is 0. The van der Waals surface area contributed by atoms with Gasteiger partial charge in [0.25, 0.3) is 7.82 Å². The summed E-state index contributed by atoms with van der Waals surface area (Å²) in [6.07, 6.45) is 39.4. The third kappa shape index (κ3) is 37.1. The molecule has 0 aromatic carbocycles. The van der Waals surface area contributed by atoms with E-state index in [0.29, 0.717) is 17.4 Å². The highest BCUT2D eigenvalue weighted by Crippen LogP contribution is 2.38. The number of phosphoric ester groups is 1. The fraction of sp³-hybridized carbons (Fsp3) is 0.881. The second kappa shape index (κ2) is 34.7. The smallest absolute Gasteiger partial charge is 0.268 e. The second-order valence-electron chi connectivity index (χ2n) is 15.7. The molecule has 8 nitrogen and oxygen atoms in total. The Labute approximate surface area is 315 Å². The van der Waals surface area contributed by atoms with Crippen LogP contribution in [0, 0.1) is 0 Å². The van der Waals surface area contributed by atoms with Gasteiger partial charge in [0.15, 0.2) is 0 Å². The van der Waals surface area contributed by atoms with Crippen molar-refractivity contribution < 1.29 is 32.9 Å². The van der Waals surface area contributed by atoms with Crippen LogP contribution < -0.4 is 10.2 Å². The second-order valence-corrected chi connectivity index (χ2v) is 17.1. The first-order valence-corrected chi connectivity index (χ1v) is 22.7. The van der Waals surface area contributed by atoms with Crippen molar-refractivity contribution in [1.82, 2.24) is 5.32 Å². The van der Waals surface area contributed by atoms with Gasteiger partial charge < -0.3 is 28.8 Å². The molecule has 51 heavy (non-hydrogen) atoms. The Bertz CT molecular complexity index is 891. The summed E-state index contributed by atoms with van der Waals surface area (Å²) in [5, 5.41) is 13.7. The number of hydrogen-bond donors (Lipinski definition) is 2. The van der Waals surface area contributed by atoms with Crippen LogP contribution in [0.4, 0.5) is 0 Å². The zero-order chi connectivity index (χ0) is 37.9. The minimum absolute atomic E-state index is 0.00233. The van der Waals surface area contributed by atoms with Gasteiger partial charge in [0.05, 0.1) is 39.9 Å². The maximum Gasteiger partial charge on any atom is 0.268 e. The van der Waals surface area contributed by atoms with Gasteiger partial charge in [0.2, 0.25) is 5.91 Å². The summed E-state index contributed by atoms with van der Waals surface area (Å²) in [5.74, 6) is -0.213. The van der Waals surface area contributed by atoms with E-state index in [0.717, 1.165) is 57.8 Å². The van der Waals surface area contributed by atoms with Crippen molar-refractivity contribution in [1.29, 1.82) is 0 Å². The van der Waals surface area contributed by atoms with E-state index in [1.807, 2.05) is 27.2 Å². The number of hydrogen-bond acceptors (Lipinski definition) is 6. The fourth-order valence-corrected chi connectivity index (χ4v) is 6.68. The first kappa shape index (κ1) is 50.0. The Hall–Kier alpha value is -1.02. The molecule has 3 unspecified atom stereocenters. The van der Waals surface area contributed by atoms with Crippen LogP contribution in [0.15, 0.2) is 24.3 Å². The molecule has 0 aliphatic carbocycles. The number of carbonyl (C=O) groups is 1. The average molecular weight is 743 g/mol. The summed E-state index contributed by atoms with van der Waals surface area (Å²) in [5.41, 5.74) is 0. The lowest BCUT2D eigenvalue weighted by molar-refractivity contribution is -0.870. The Morgan fingerprint density at radius 3 is 1.59 bits per heavy atom. The number of phosphoric acid groups is 1. The van der Waals surface area contributed by atoms with Gasteiger partial charge >= 0.3 is 0 Å². The molecule has 0 aliphatic heterocycles.